The molecule has 2 rings (SSSR count). The van der Waals surface area contributed by atoms with Gasteiger partial charge in [0, 0.05) is 26.2 Å². The van der Waals surface area contributed by atoms with E-state index in [1.807, 2.05) is 0 Å². The first kappa shape index (κ1) is 21.0. The average Bonchev–Trinajstić information content (AvgIpc) is 2.98. The second-order valence-electron chi connectivity index (χ2n) is 6.83. The lowest BCUT2D eigenvalue weighted by molar-refractivity contribution is 0.299. The molecule has 0 amide bonds. The Hall–Kier alpha value is -0.0400. The van der Waals surface area contributed by atoms with Gasteiger partial charge in [-0.15, -0.1) is 24.0 Å². The summed E-state index contributed by atoms with van der Waals surface area (Å²) in [6, 6.07) is 0. The number of hydrogen-bond donors (Lipinski definition) is 1. The van der Waals surface area contributed by atoms with E-state index in [0.29, 0.717) is 0 Å². The molecule has 4 nitrogen and oxygen atoms in total. The summed E-state index contributed by atoms with van der Waals surface area (Å²) >= 11 is 0. The maximum Gasteiger partial charge on any atom is 0.193 e. The smallest absolute Gasteiger partial charge is 0.193 e. The Labute approximate surface area is 160 Å². The van der Waals surface area contributed by atoms with Gasteiger partial charge in [0.2, 0.25) is 0 Å². The predicted molar refractivity (Wildman–Crippen MR) is 111 cm³/mol. The van der Waals surface area contributed by atoms with Crippen LogP contribution in [0.2, 0.25) is 0 Å². The highest BCUT2D eigenvalue weighted by molar-refractivity contribution is 14.0. The molecule has 1 saturated heterocycles. The van der Waals surface area contributed by atoms with Crippen LogP contribution in [0.1, 0.15) is 52.9 Å². The summed E-state index contributed by atoms with van der Waals surface area (Å²) in [4.78, 5) is 9.91. The summed E-state index contributed by atoms with van der Waals surface area (Å²) in [7, 11) is 0. The monoisotopic (exact) mass is 436 g/mol. The van der Waals surface area contributed by atoms with Crippen LogP contribution >= 0.6 is 24.0 Å². The van der Waals surface area contributed by atoms with E-state index in [2.05, 4.69) is 35.9 Å². The SMILES string of the molecule is CCNC(=NCCCN(CC)CC)N1CC2CCCCC2C1.I. The van der Waals surface area contributed by atoms with Gasteiger partial charge in [0.25, 0.3) is 0 Å². The van der Waals surface area contributed by atoms with E-state index in [1.165, 1.54) is 45.3 Å². The number of fused-ring (bicyclic) bond motifs is 1. The Morgan fingerprint density at radius 1 is 1.09 bits per heavy atom. The van der Waals surface area contributed by atoms with Crippen molar-refractivity contribution in [1.82, 2.24) is 15.1 Å². The van der Waals surface area contributed by atoms with Crippen LogP contribution < -0.4 is 5.32 Å². The molecule has 2 unspecified atom stereocenters. The third-order valence-corrected chi connectivity index (χ3v) is 5.40. The van der Waals surface area contributed by atoms with Crippen LogP contribution in [0.4, 0.5) is 0 Å². The number of halogens is 1. The minimum atomic E-state index is 0. The Balaban J connectivity index is 0.00000264. The molecule has 5 heteroatoms. The molecule has 23 heavy (non-hydrogen) atoms. The average molecular weight is 436 g/mol. The van der Waals surface area contributed by atoms with Crippen molar-refractivity contribution in [2.45, 2.75) is 52.9 Å². The number of rotatable bonds is 7. The van der Waals surface area contributed by atoms with Crippen molar-refractivity contribution in [3.05, 3.63) is 0 Å². The molecule has 1 heterocycles. The van der Waals surface area contributed by atoms with Gasteiger partial charge < -0.3 is 15.1 Å². The third-order valence-electron chi connectivity index (χ3n) is 5.40. The van der Waals surface area contributed by atoms with E-state index in [4.69, 9.17) is 4.99 Å². The van der Waals surface area contributed by atoms with Crippen LogP contribution in [-0.4, -0.2) is 61.6 Å². The fourth-order valence-electron chi connectivity index (χ4n) is 4.02. The van der Waals surface area contributed by atoms with Crippen molar-refractivity contribution >= 4 is 29.9 Å². The Kier molecular flexibility index (Phi) is 10.5. The highest BCUT2D eigenvalue weighted by atomic mass is 127. The minimum absolute atomic E-state index is 0. The first-order chi connectivity index (χ1) is 10.8. The Morgan fingerprint density at radius 2 is 1.70 bits per heavy atom. The van der Waals surface area contributed by atoms with E-state index in [1.54, 1.807) is 0 Å². The molecule has 0 radical (unpaired) electrons. The zero-order valence-electron chi connectivity index (χ0n) is 15.4. The molecule has 1 aliphatic heterocycles. The molecule has 0 bridgehead atoms. The second-order valence-corrected chi connectivity index (χ2v) is 6.83. The van der Waals surface area contributed by atoms with Crippen molar-refractivity contribution in [1.29, 1.82) is 0 Å². The molecule has 136 valence electrons. The molecule has 1 saturated carbocycles. The van der Waals surface area contributed by atoms with Crippen molar-refractivity contribution < 1.29 is 0 Å². The zero-order chi connectivity index (χ0) is 15.8. The third kappa shape index (κ3) is 6.40. The Morgan fingerprint density at radius 3 is 2.22 bits per heavy atom. The first-order valence-electron chi connectivity index (χ1n) is 9.54. The van der Waals surface area contributed by atoms with Crippen molar-refractivity contribution in [3.8, 4) is 0 Å². The molecular weight excluding hydrogens is 399 g/mol. The summed E-state index contributed by atoms with van der Waals surface area (Å²) in [5.74, 6) is 3.01. The molecule has 0 aromatic rings. The van der Waals surface area contributed by atoms with Crippen LogP contribution in [-0.2, 0) is 0 Å². The fourth-order valence-corrected chi connectivity index (χ4v) is 4.02. The molecule has 2 atom stereocenters. The highest BCUT2D eigenvalue weighted by Crippen LogP contribution is 2.35. The number of guanidine groups is 1. The number of nitrogens with zero attached hydrogens (tertiary/aromatic N) is 3. The topological polar surface area (TPSA) is 30.9 Å². The standard InChI is InChI=1S/C18H36N4.HI/c1-4-19-18(20-12-9-13-21(5-2)6-3)22-14-16-10-7-8-11-17(16)15-22;/h16-17H,4-15H2,1-3H3,(H,19,20);1H. The molecule has 0 spiro atoms. The van der Waals surface area contributed by atoms with E-state index in [-0.39, 0.29) is 24.0 Å². The second kappa shape index (κ2) is 11.5. The molecule has 1 N–H and O–H groups in total. The van der Waals surface area contributed by atoms with Gasteiger partial charge in [-0.05, 0) is 57.7 Å². The zero-order valence-corrected chi connectivity index (χ0v) is 17.7. The van der Waals surface area contributed by atoms with E-state index in [9.17, 15) is 0 Å². The van der Waals surface area contributed by atoms with E-state index >= 15 is 0 Å². The summed E-state index contributed by atoms with van der Waals surface area (Å²) in [5.41, 5.74) is 0. The molecule has 0 aromatic heterocycles. The summed E-state index contributed by atoms with van der Waals surface area (Å²) in [5, 5.41) is 3.51. The maximum atomic E-state index is 4.90. The van der Waals surface area contributed by atoms with Crippen LogP contribution in [0, 0.1) is 11.8 Å². The molecule has 0 aromatic carbocycles. The lowest BCUT2D eigenvalue weighted by atomic mass is 9.82. The van der Waals surface area contributed by atoms with Gasteiger partial charge in [0.1, 0.15) is 0 Å². The fraction of sp³-hybridized carbons (Fsp3) is 0.944. The number of nitrogens with one attached hydrogen (secondary N) is 1. The van der Waals surface area contributed by atoms with Gasteiger partial charge in [-0.1, -0.05) is 26.7 Å². The highest BCUT2D eigenvalue weighted by Gasteiger charge is 2.35. The molecular formula is C18H37IN4. The van der Waals surface area contributed by atoms with Gasteiger partial charge >= 0.3 is 0 Å². The number of hydrogen-bond acceptors (Lipinski definition) is 2. The predicted octanol–water partition coefficient (Wildman–Crippen LogP) is 3.42. The normalized spacial score (nSPS) is 24.5. The largest absolute Gasteiger partial charge is 0.357 e. The lowest BCUT2D eigenvalue weighted by Crippen LogP contribution is -2.40. The van der Waals surface area contributed by atoms with E-state index < -0.39 is 0 Å². The van der Waals surface area contributed by atoms with Gasteiger partial charge in [0.05, 0.1) is 0 Å². The van der Waals surface area contributed by atoms with Crippen LogP contribution in [0.5, 0.6) is 0 Å². The van der Waals surface area contributed by atoms with Crippen LogP contribution in [0.25, 0.3) is 0 Å². The molecule has 1 aliphatic carbocycles. The van der Waals surface area contributed by atoms with Gasteiger partial charge in [-0.25, -0.2) is 0 Å². The summed E-state index contributed by atoms with van der Waals surface area (Å²) < 4.78 is 0. The summed E-state index contributed by atoms with van der Waals surface area (Å²) in [6.07, 6.45) is 6.90. The van der Waals surface area contributed by atoms with E-state index in [0.717, 1.165) is 50.4 Å². The number of likely N-dealkylation sites (tertiary alicyclic amines) is 1. The van der Waals surface area contributed by atoms with Crippen molar-refractivity contribution in [2.24, 2.45) is 16.8 Å². The molecule has 2 aliphatic rings. The van der Waals surface area contributed by atoms with Crippen molar-refractivity contribution in [3.63, 3.8) is 0 Å². The van der Waals surface area contributed by atoms with Gasteiger partial charge in [-0.3, -0.25) is 4.99 Å². The van der Waals surface area contributed by atoms with Crippen molar-refractivity contribution in [2.75, 3.05) is 45.8 Å². The lowest BCUT2D eigenvalue weighted by Gasteiger charge is -2.22. The summed E-state index contributed by atoms with van der Waals surface area (Å²) in [6.45, 7) is 14.5. The maximum absolute atomic E-state index is 4.90. The quantitative estimate of drug-likeness (QED) is 0.287. The number of aliphatic imine (C=N–C) groups is 1. The molecule has 2 fully saturated rings. The van der Waals surface area contributed by atoms with Gasteiger partial charge in [0.15, 0.2) is 5.96 Å². The van der Waals surface area contributed by atoms with Crippen LogP contribution in [0.15, 0.2) is 4.99 Å². The van der Waals surface area contributed by atoms with Gasteiger partial charge in [-0.2, -0.15) is 0 Å². The minimum Gasteiger partial charge on any atom is -0.357 e. The van der Waals surface area contributed by atoms with Crippen LogP contribution in [0.3, 0.4) is 0 Å². The first-order valence-corrected chi connectivity index (χ1v) is 9.54. The Bertz CT molecular complexity index is 330.